The number of hydrogen-bond acceptors (Lipinski definition) is 4. The average molecular weight is 393 g/mol. The first kappa shape index (κ1) is 19.3. The van der Waals surface area contributed by atoms with Gasteiger partial charge in [0.15, 0.2) is 0 Å². The highest BCUT2D eigenvalue weighted by molar-refractivity contribution is 5.84. The van der Waals surface area contributed by atoms with Crippen LogP contribution < -0.4 is 0 Å². The first-order valence-corrected chi connectivity index (χ1v) is 9.98. The van der Waals surface area contributed by atoms with Gasteiger partial charge in [-0.05, 0) is 42.5 Å². The standard InChI is InChI=1S/C23H24FN3O2/c1-16-25-26-22(29-16)19-11-13-27(14-12-19)23(28)21(15-17-5-3-2-4-6-17)18-7-9-20(24)10-8-18/h2-10,19,21H,11-15H2,1H3. The predicted molar refractivity (Wildman–Crippen MR) is 107 cm³/mol. The van der Waals surface area contributed by atoms with Crippen LogP contribution >= 0.6 is 0 Å². The lowest BCUT2D eigenvalue weighted by Gasteiger charge is -2.33. The first-order chi connectivity index (χ1) is 14.1. The highest BCUT2D eigenvalue weighted by Crippen LogP contribution is 2.30. The van der Waals surface area contributed by atoms with Crippen molar-refractivity contribution >= 4 is 5.91 Å². The molecule has 6 heteroatoms. The average Bonchev–Trinajstić information content (AvgIpc) is 3.19. The second-order valence-corrected chi connectivity index (χ2v) is 7.55. The zero-order valence-electron chi connectivity index (χ0n) is 16.4. The molecular formula is C23H24FN3O2. The van der Waals surface area contributed by atoms with Crippen molar-refractivity contribution in [3.05, 3.63) is 83.3 Å². The summed E-state index contributed by atoms with van der Waals surface area (Å²) in [5.41, 5.74) is 1.93. The molecule has 4 rings (SSSR count). The Morgan fingerprint density at radius 2 is 1.79 bits per heavy atom. The van der Waals surface area contributed by atoms with E-state index in [0.29, 0.717) is 31.3 Å². The highest BCUT2D eigenvalue weighted by atomic mass is 19.1. The minimum Gasteiger partial charge on any atom is -0.425 e. The summed E-state index contributed by atoms with van der Waals surface area (Å²) in [7, 11) is 0. The van der Waals surface area contributed by atoms with Crippen LogP contribution in [-0.4, -0.2) is 34.1 Å². The number of nitrogens with zero attached hydrogens (tertiary/aromatic N) is 3. The number of carbonyl (C=O) groups is 1. The summed E-state index contributed by atoms with van der Waals surface area (Å²) in [6.07, 6.45) is 2.19. The number of rotatable bonds is 5. The van der Waals surface area contributed by atoms with Crippen LogP contribution in [0.25, 0.3) is 0 Å². The van der Waals surface area contributed by atoms with Crippen molar-refractivity contribution in [2.75, 3.05) is 13.1 Å². The number of piperidine rings is 1. The molecule has 0 aliphatic carbocycles. The van der Waals surface area contributed by atoms with E-state index in [1.165, 1.54) is 12.1 Å². The number of hydrogen-bond donors (Lipinski definition) is 0. The molecule has 1 aromatic heterocycles. The number of benzene rings is 2. The minimum atomic E-state index is -0.333. The van der Waals surface area contributed by atoms with Gasteiger partial charge < -0.3 is 9.32 Å². The van der Waals surface area contributed by atoms with Gasteiger partial charge in [-0.3, -0.25) is 4.79 Å². The highest BCUT2D eigenvalue weighted by Gasteiger charge is 2.31. The molecule has 2 heterocycles. The molecule has 2 aromatic carbocycles. The zero-order chi connectivity index (χ0) is 20.2. The lowest BCUT2D eigenvalue weighted by atomic mass is 9.89. The smallest absolute Gasteiger partial charge is 0.230 e. The van der Waals surface area contributed by atoms with Crippen molar-refractivity contribution in [2.24, 2.45) is 0 Å². The summed E-state index contributed by atoms with van der Waals surface area (Å²) in [4.78, 5) is 15.3. The van der Waals surface area contributed by atoms with Crippen LogP contribution in [0.4, 0.5) is 4.39 Å². The van der Waals surface area contributed by atoms with Gasteiger partial charge in [0.2, 0.25) is 17.7 Å². The molecule has 1 aliphatic rings. The van der Waals surface area contributed by atoms with Gasteiger partial charge in [-0.15, -0.1) is 10.2 Å². The van der Waals surface area contributed by atoms with Gasteiger partial charge in [0.05, 0.1) is 5.92 Å². The number of aromatic nitrogens is 2. The number of likely N-dealkylation sites (tertiary alicyclic amines) is 1. The molecular weight excluding hydrogens is 369 g/mol. The van der Waals surface area contributed by atoms with Crippen molar-refractivity contribution in [1.82, 2.24) is 15.1 Å². The number of halogens is 1. The van der Waals surface area contributed by atoms with E-state index >= 15 is 0 Å². The van der Waals surface area contributed by atoms with E-state index in [1.807, 2.05) is 35.2 Å². The maximum atomic E-state index is 13.4. The fraction of sp³-hybridized carbons (Fsp3) is 0.348. The monoisotopic (exact) mass is 393 g/mol. The van der Waals surface area contributed by atoms with Crippen LogP contribution in [0, 0.1) is 12.7 Å². The molecule has 29 heavy (non-hydrogen) atoms. The van der Waals surface area contributed by atoms with E-state index in [2.05, 4.69) is 10.2 Å². The van der Waals surface area contributed by atoms with Crippen LogP contribution in [0.5, 0.6) is 0 Å². The Morgan fingerprint density at radius 1 is 1.10 bits per heavy atom. The van der Waals surface area contributed by atoms with Gasteiger partial charge in [0.25, 0.3) is 0 Å². The Bertz CT molecular complexity index is 948. The van der Waals surface area contributed by atoms with Crippen LogP contribution in [0.3, 0.4) is 0 Å². The Morgan fingerprint density at radius 3 is 2.41 bits per heavy atom. The SMILES string of the molecule is Cc1nnc(C2CCN(C(=O)C(Cc3ccccc3)c3ccc(F)cc3)CC2)o1. The van der Waals surface area contributed by atoms with Gasteiger partial charge in [-0.2, -0.15) is 0 Å². The summed E-state index contributed by atoms with van der Waals surface area (Å²) >= 11 is 0. The Labute approximate surface area is 169 Å². The molecule has 1 atom stereocenters. The second kappa shape index (κ2) is 8.55. The molecule has 1 saturated heterocycles. The molecule has 1 fully saturated rings. The van der Waals surface area contributed by atoms with E-state index < -0.39 is 0 Å². The maximum absolute atomic E-state index is 13.4. The second-order valence-electron chi connectivity index (χ2n) is 7.55. The van der Waals surface area contributed by atoms with E-state index in [0.717, 1.165) is 24.0 Å². The van der Waals surface area contributed by atoms with Crippen molar-refractivity contribution in [3.63, 3.8) is 0 Å². The molecule has 150 valence electrons. The Kier molecular flexibility index (Phi) is 5.69. The fourth-order valence-corrected chi connectivity index (χ4v) is 3.94. The van der Waals surface area contributed by atoms with Crippen molar-refractivity contribution in [3.8, 4) is 0 Å². The lowest BCUT2D eigenvalue weighted by molar-refractivity contribution is -0.134. The van der Waals surface area contributed by atoms with Gasteiger partial charge in [-0.1, -0.05) is 42.5 Å². The van der Waals surface area contributed by atoms with Gasteiger partial charge >= 0.3 is 0 Å². The molecule has 1 aliphatic heterocycles. The molecule has 5 nitrogen and oxygen atoms in total. The quantitative estimate of drug-likeness (QED) is 0.650. The van der Waals surface area contributed by atoms with Crippen molar-refractivity contribution < 1.29 is 13.6 Å². The molecule has 0 radical (unpaired) electrons. The van der Waals surface area contributed by atoms with Gasteiger partial charge in [-0.25, -0.2) is 4.39 Å². The van der Waals surface area contributed by atoms with Crippen LogP contribution in [-0.2, 0) is 11.2 Å². The topological polar surface area (TPSA) is 59.2 Å². The molecule has 3 aromatic rings. The number of aryl methyl sites for hydroxylation is 1. The van der Waals surface area contributed by atoms with E-state index in [9.17, 15) is 9.18 Å². The van der Waals surface area contributed by atoms with Crippen LogP contribution in [0.15, 0.2) is 59.0 Å². The Balaban J connectivity index is 1.49. The van der Waals surface area contributed by atoms with E-state index in [4.69, 9.17) is 4.42 Å². The normalized spacial score (nSPS) is 16.0. The summed E-state index contributed by atoms with van der Waals surface area (Å²) in [6, 6.07) is 16.2. The van der Waals surface area contributed by atoms with Gasteiger partial charge in [0, 0.05) is 25.9 Å². The molecule has 0 N–H and O–H groups in total. The largest absolute Gasteiger partial charge is 0.425 e. The number of carbonyl (C=O) groups excluding carboxylic acids is 1. The molecule has 0 saturated carbocycles. The third-order valence-corrected chi connectivity index (χ3v) is 5.55. The fourth-order valence-electron chi connectivity index (χ4n) is 3.94. The molecule has 1 unspecified atom stereocenters. The summed E-state index contributed by atoms with van der Waals surface area (Å²) in [6.45, 7) is 3.08. The van der Waals surface area contributed by atoms with Crippen molar-refractivity contribution in [1.29, 1.82) is 0 Å². The first-order valence-electron chi connectivity index (χ1n) is 9.98. The van der Waals surface area contributed by atoms with E-state index in [-0.39, 0.29) is 23.6 Å². The summed E-state index contributed by atoms with van der Waals surface area (Å²) in [5, 5.41) is 8.04. The molecule has 1 amide bonds. The predicted octanol–water partition coefficient (Wildman–Crippen LogP) is 4.25. The third-order valence-electron chi connectivity index (χ3n) is 5.55. The third kappa shape index (κ3) is 4.53. The van der Waals surface area contributed by atoms with Gasteiger partial charge in [0.1, 0.15) is 5.82 Å². The van der Waals surface area contributed by atoms with Crippen molar-refractivity contribution in [2.45, 2.75) is 38.0 Å². The Hall–Kier alpha value is -3.02. The number of amides is 1. The summed E-state index contributed by atoms with van der Waals surface area (Å²) < 4.78 is 19.0. The van der Waals surface area contributed by atoms with Crippen LogP contribution in [0.1, 0.15) is 47.6 Å². The lowest BCUT2D eigenvalue weighted by Crippen LogP contribution is -2.41. The molecule has 0 bridgehead atoms. The maximum Gasteiger partial charge on any atom is 0.230 e. The minimum absolute atomic E-state index is 0.0839. The summed E-state index contributed by atoms with van der Waals surface area (Å²) in [5.74, 6) is 0.876. The zero-order valence-corrected chi connectivity index (χ0v) is 16.4. The van der Waals surface area contributed by atoms with E-state index in [1.54, 1.807) is 19.1 Å². The van der Waals surface area contributed by atoms with Crippen LogP contribution in [0.2, 0.25) is 0 Å². The molecule has 0 spiro atoms.